The molecule has 0 radical (unpaired) electrons. The highest BCUT2D eigenvalue weighted by molar-refractivity contribution is 5.87. The van der Waals surface area contributed by atoms with E-state index in [1.165, 1.54) is 0 Å². The van der Waals surface area contributed by atoms with Crippen LogP contribution >= 0.6 is 0 Å². The summed E-state index contributed by atoms with van der Waals surface area (Å²) in [5.74, 6) is 0.400. The van der Waals surface area contributed by atoms with Crippen LogP contribution in [0.1, 0.15) is 5.56 Å². The quantitative estimate of drug-likeness (QED) is 0.494. The summed E-state index contributed by atoms with van der Waals surface area (Å²) >= 11 is 0. The Kier molecular flexibility index (Phi) is 3.79. The van der Waals surface area contributed by atoms with E-state index in [4.69, 9.17) is 9.15 Å². The SMILES string of the molecule is COc1cccc(Cn2c(=O)oc3cc(-c4ccc5[nH]ccc5c4)ccc32)c1. The Morgan fingerprint density at radius 3 is 2.75 bits per heavy atom. The summed E-state index contributed by atoms with van der Waals surface area (Å²) in [5.41, 5.74) is 5.53. The van der Waals surface area contributed by atoms with Crippen molar-refractivity contribution in [2.75, 3.05) is 7.11 Å². The van der Waals surface area contributed by atoms with E-state index in [-0.39, 0.29) is 5.76 Å². The number of benzene rings is 3. The van der Waals surface area contributed by atoms with Crippen molar-refractivity contribution in [3.63, 3.8) is 0 Å². The molecule has 5 aromatic rings. The summed E-state index contributed by atoms with van der Waals surface area (Å²) in [6.45, 7) is 0.428. The monoisotopic (exact) mass is 370 g/mol. The molecule has 0 saturated carbocycles. The van der Waals surface area contributed by atoms with Gasteiger partial charge < -0.3 is 14.1 Å². The Balaban J connectivity index is 1.55. The third-order valence-electron chi connectivity index (χ3n) is 5.03. The third-order valence-corrected chi connectivity index (χ3v) is 5.03. The molecule has 0 aliphatic rings. The molecule has 138 valence electrons. The number of methoxy groups -OCH3 is 1. The second-order valence-corrected chi connectivity index (χ2v) is 6.77. The van der Waals surface area contributed by atoms with Gasteiger partial charge in [-0.05, 0) is 64.5 Å². The van der Waals surface area contributed by atoms with Crippen LogP contribution in [0.5, 0.6) is 5.75 Å². The van der Waals surface area contributed by atoms with Crippen molar-refractivity contribution in [3.05, 3.63) is 89.0 Å². The molecule has 0 atom stereocenters. The molecule has 0 bridgehead atoms. The lowest BCUT2D eigenvalue weighted by Crippen LogP contribution is -2.14. The summed E-state index contributed by atoms with van der Waals surface area (Å²) in [5, 5.41) is 1.15. The Morgan fingerprint density at radius 2 is 1.86 bits per heavy atom. The predicted molar refractivity (Wildman–Crippen MR) is 110 cm³/mol. The highest BCUT2D eigenvalue weighted by Gasteiger charge is 2.12. The van der Waals surface area contributed by atoms with E-state index in [1.807, 2.05) is 54.7 Å². The number of H-pyrrole nitrogens is 1. The molecule has 0 saturated heterocycles. The molecule has 2 aromatic heterocycles. The Morgan fingerprint density at radius 1 is 1.00 bits per heavy atom. The number of aromatic amines is 1. The minimum Gasteiger partial charge on any atom is -0.497 e. The molecule has 2 heterocycles. The second kappa shape index (κ2) is 6.46. The molecule has 0 aliphatic carbocycles. The van der Waals surface area contributed by atoms with E-state index < -0.39 is 0 Å². The summed E-state index contributed by atoms with van der Waals surface area (Å²) < 4.78 is 12.4. The average molecular weight is 370 g/mol. The van der Waals surface area contributed by atoms with Gasteiger partial charge in [0.2, 0.25) is 0 Å². The largest absolute Gasteiger partial charge is 0.497 e. The first-order valence-corrected chi connectivity index (χ1v) is 9.05. The zero-order chi connectivity index (χ0) is 19.1. The maximum absolute atomic E-state index is 12.4. The van der Waals surface area contributed by atoms with Gasteiger partial charge in [0.15, 0.2) is 5.58 Å². The Bertz CT molecular complexity index is 1360. The Hall–Kier alpha value is -3.73. The van der Waals surface area contributed by atoms with E-state index in [0.717, 1.165) is 38.9 Å². The standard InChI is InChI=1S/C23H18N2O3/c1-27-19-4-2-3-15(11-19)14-25-21-8-6-17(13-22(21)28-23(25)26)16-5-7-20-18(12-16)9-10-24-20/h2-13,24H,14H2,1H3. The smallest absolute Gasteiger partial charge is 0.420 e. The van der Waals surface area contributed by atoms with E-state index in [2.05, 4.69) is 23.2 Å². The van der Waals surface area contributed by atoms with Crippen LogP contribution in [0, 0.1) is 0 Å². The van der Waals surface area contributed by atoms with E-state index in [0.29, 0.717) is 12.1 Å². The highest BCUT2D eigenvalue weighted by Crippen LogP contribution is 2.27. The van der Waals surface area contributed by atoms with Gasteiger partial charge in [-0.15, -0.1) is 0 Å². The number of oxazole rings is 1. The van der Waals surface area contributed by atoms with Crippen molar-refractivity contribution in [2.24, 2.45) is 0 Å². The molecule has 0 unspecified atom stereocenters. The minimum absolute atomic E-state index is 0.365. The number of rotatable bonds is 4. The number of nitrogens with one attached hydrogen (secondary N) is 1. The number of hydrogen-bond acceptors (Lipinski definition) is 3. The highest BCUT2D eigenvalue weighted by atomic mass is 16.5. The van der Waals surface area contributed by atoms with Crippen LogP contribution in [-0.2, 0) is 6.54 Å². The van der Waals surface area contributed by atoms with Crippen LogP contribution < -0.4 is 10.5 Å². The molecule has 5 heteroatoms. The van der Waals surface area contributed by atoms with Gasteiger partial charge in [0, 0.05) is 11.7 Å². The number of aromatic nitrogens is 2. The maximum atomic E-state index is 12.4. The lowest BCUT2D eigenvalue weighted by atomic mass is 10.0. The van der Waals surface area contributed by atoms with Gasteiger partial charge >= 0.3 is 5.76 Å². The number of fused-ring (bicyclic) bond motifs is 2. The first-order valence-electron chi connectivity index (χ1n) is 9.05. The predicted octanol–water partition coefficient (Wildman–Crippen LogP) is 4.80. The third kappa shape index (κ3) is 2.77. The van der Waals surface area contributed by atoms with Crippen LogP contribution in [0.15, 0.2) is 82.1 Å². The molecular weight excluding hydrogens is 352 g/mol. The molecule has 3 aromatic carbocycles. The minimum atomic E-state index is -0.365. The van der Waals surface area contributed by atoms with Gasteiger partial charge in [0.05, 0.1) is 19.2 Å². The summed E-state index contributed by atoms with van der Waals surface area (Å²) in [6.07, 6.45) is 1.93. The van der Waals surface area contributed by atoms with Gasteiger partial charge in [-0.1, -0.05) is 24.3 Å². The van der Waals surface area contributed by atoms with Crippen molar-refractivity contribution in [2.45, 2.75) is 6.54 Å². The number of ether oxygens (including phenoxy) is 1. The van der Waals surface area contributed by atoms with Gasteiger partial charge in [-0.25, -0.2) is 4.79 Å². The van der Waals surface area contributed by atoms with Crippen LogP contribution in [0.2, 0.25) is 0 Å². The lowest BCUT2D eigenvalue weighted by molar-refractivity contribution is 0.414. The van der Waals surface area contributed by atoms with Crippen molar-refractivity contribution < 1.29 is 9.15 Å². The van der Waals surface area contributed by atoms with Crippen LogP contribution in [0.4, 0.5) is 0 Å². The summed E-state index contributed by atoms with van der Waals surface area (Å²) in [6, 6.07) is 21.9. The molecule has 5 rings (SSSR count). The second-order valence-electron chi connectivity index (χ2n) is 6.77. The molecule has 5 nitrogen and oxygen atoms in total. The van der Waals surface area contributed by atoms with Crippen molar-refractivity contribution in [1.82, 2.24) is 9.55 Å². The van der Waals surface area contributed by atoms with Gasteiger partial charge in [0.1, 0.15) is 5.75 Å². The lowest BCUT2D eigenvalue weighted by Gasteiger charge is -2.06. The van der Waals surface area contributed by atoms with E-state index in [9.17, 15) is 4.79 Å². The van der Waals surface area contributed by atoms with Gasteiger partial charge in [-0.2, -0.15) is 0 Å². The fourth-order valence-corrected chi connectivity index (χ4v) is 3.58. The van der Waals surface area contributed by atoms with Gasteiger partial charge in [0.25, 0.3) is 0 Å². The van der Waals surface area contributed by atoms with Gasteiger partial charge in [-0.3, -0.25) is 4.57 Å². The normalized spacial score (nSPS) is 11.3. The molecule has 0 aliphatic heterocycles. The number of nitrogens with zero attached hydrogens (tertiary/aromatic N) is 1. The Labute approximate surface area is 160 Å². The molecule has 0 fully saturated rings. The molecule has 0 amide bonds. The van der Waals surface area contributed by atoms with Crippen LogP contribution in [0.3, 0.4) is 0 Å². The number of hydrogen-bond donors (Lipinski definition) is 1. The average Bonchev–Trinajstić information content (AvgIpc) is 3.31. The van der Waals surface area contributed by atoms with Crippen LogP contribution in [0.25, 0.3) is 33.1 Å². The maximum Gasteiger partial charge on any atom is 0.420 e. The van der Waals surface area contributed by atoms with Crippen molar-refractivity contribution in [3.8, 4) is 16.9 Å². The molecule has 28 heavy (non-hydrogen) atoms. The van der Waals surface area contributed by atoms with Crippen molar-refractivity contribution in [1.29, 1.82) is 0 Å². The molecule has 1 N–H and O–H groups in total. The first kappa shape index (κ1) is 16.4. The van der Waals surface area contributed by atoms with Crippen molar-refractivity contribution >= 4 is 22.0 Å². The fourth-order valence-electron chi connectivity index (χ4n) is 3.58. The van der Waals surface area contributed by atoms with E-state index in [1.54, 1.807) is 11.7 Å². The zero-order valence-corrected chi connectivity index (χ0v) is 15.3. The van der Waals surface area contributed by atoms with E-state index >= 15 is 0 Å². The summed E-state index contributed by atoms with van der Waals surface area (Å²) in [7, 11) is 1.63. The zero-order valence-electron chi connectivity index (χ0n) is 15.3. The summed E-state index contributed by atoms with van der Waals surface area (Å²) in [4.78, 5) is 15.6. The fraction of sp³-hybridized carbons (Fsp3) is 0.0870. The topological polar surface area (TPSA) is 60.2 Å². The molecule has 0 spiro atoms. The van der Waals surface area contributed by atoms with Crippen LogP contribution in [-0.4, -0.2) is 16.7 Å². The molecular formula is C23H18N2O3. The first-order chi connectivity index (χ1) is 13.7.